The second-order valence-corrected chi connectivity index (χ2v) is 8.15. The first kappa shape index (κ1) is 16.3. The van der Waals surface area contributed by atoms with Crippen LogP contribution in [0.2, 0.25) is 0 Å². The summed E-state index contributed by atoms with van der Waals surface area (Å²) in [4.78, 5) is 16.6. The first-order valence-electron chi connectivity index (χ1n) is 9.20. The van der Waals surface area contributed by atoms with Gasteiger partial charge in [-0.25, -0.2) is 0 Å². The predicted molar refractivity (Wildman–Crippen MR) is 95.7 cm³/mol. The van der Waals surface area contributed by atoms with Gasteiger partial charge < -0.3 is 24.5 Å². The van der Waals surface area contributed by atoms with Crippen molar-refractivity contribution in [2.75, 3.05) is 13.7 Å². The average molecular weight is 356 g/mol. The molecule has 1 aromatic carbocycles. The van der Waals surface area contributed by atoms with E-state index in [-0.39, 0.29) is 30.1 Å². The van der Waals surface area contributed by atoms with Gasteiger partial charge in [0.05, 0.1) is 19.3 Å². The Labute approximate surface area is 152 Å². The third-order valence-corrected chi connectivity index (χ3v) is 6.23. The number of aromatic nitrogens is 1. The first-order chi connectivity index (χ1) is 12.4. The molecule has 2 bridgehead atoms. The smallest absolute Gasteiger partial charge is 0.319 e. The Morgan fingerprint density at radius 1 is 1.23 bits per heavy atom. The highest BCUT2D eigenvalue weighted by molar-refractivity contribution is 5.88. The quantitative estimate of drug-likeness (QED) is 0.806. The number of carbonyl (C=O) groups excluding carboxylic acids is 1. The summed E-state index contributed by atoms with van der Waals surface area (Å²) in [5.74, 6) is -0.667. The average Bonchev–Trinajstić information content (AvgIpc) is 3.21. The van der Waals surface area contributed by atoms with E-state index in [2.05, 4.69) is 22.4 Å². The van der Waals surface area contributed by atoms with Crippen LogP contribution in [0.3, 0.4) is 0 Å². The number of ether oxygens (including phenoxy) is 3. The number of carbonyl (C=O) groups is 1. The molecule has 26 heavy (non-hydrogen) atoms. The second kappa shape index (κ2) is 5.31. The van der Waals surface area contributed by atoms with Gasteiger partial charge in [0, 0.05) is 23.7 Å². The zero-order chi connectivity index (χ0) is 18.1. The fourth-order valence-electron chi connectivity index (χ4n) is 5.23. The Morgan fingerprint density at radius 2 is 2.00 bits per heavy atom. The standard InChI is InChI=1S/C20H24N2O4/c1-19(2)25-15-12-9-20(18(23)24-3,17(21-10-12)16(15)26-19)14-8-11-6-4-5-7-13(11)22-14/h4-8,12,15-17,21-22H,9-10H2,1-3H3/t12?,15?,16?,17?,20-/m0/s1. The van der Waals surface area contributed by atoms with Crippen LogP contribution in [0.1, 0.15) is 26.0 Å². The molecule has 0 spiro atoms. The number of rotatable bonds is 2. The van der Waals surface area contributed by atoms with E-state index < -0.39 is 11.2 Å². The summed E-state index contributed by atoms with van der Waals surface area (Å²) < 4.78 is 17.7. The van der Waals surface area contributed by atoms with Gasteiger partial charge >= 0.3 is 5.97 Å². The Kier molecular flexibility index (Phi) is 3.33. The maximum absolute atomic E-state index is 13.1. The van der Waals surface area contributed by atoms with Crippen molar-refractivity contribution in [1.29, 1.82) is 0 Å². The number of hydrogen-bond acceptors (Lipinski definition) is 5. The Morgan fingerprint density at radius 3 is 2.77 bits per heavy atom. The van der Waals surface area contributed by atoms with E-state index in [1.807, 2.05) is 32.0 Å². The molecule has 0 amide bonds. The van der Waals surface area contributed by atoms with Crippen molar-refractivity contribution in [1.82, 2.24) is 10.3 Å². The van der Waals surface area contributed by atoms with Crippen molar-refractivity contribution < 1.29 is 19.0 Å². The van der Waals surface area contributed by atoms with Crippen LogP contribution >= 0.6 is 0 Å². The van der Waals surface area contributed by atoms with E-state index in [0.717, 1.165) is 23.1 Å². The van der Waals surface area contributed by atoms with Crippen LogP contribution in [0.5, 0.6) is 0 Å². The second-order valence-electron chi connectivity index (χ2n) is 8.15. The molecule has 2 N–H and O–H groups in total. The highest BCUT2D eigenvalue weighted by Gasteiger charge is 2.66. The van der Waals surface area contributed by atoms with Crippen molar-refractivity contribution >= 4 is 16.9 Å². The lowest BCUT2D eigenvalue weighted by atomic mass is 9.59. The normalized spacial score (nSPS) is 37.7. The van der Waals surface area contributed by atoms with E-state index in [9.17, 15) is 4.79 Å². The predicted octanol–water partition coefficient (Wildman–Crippen LogP) is 2.09. The largest absolute Gasteiger partial charge is 0.468 e. The number of esters is 1. The van der Waals surface area contributed by atoms with Gasteiger partial charge in [-0.3, -0.25) is 4.79 Å². The molecule has 2 aromatic rings. The topological polar surface area (TPSA) is 72.6 Å². The summed E-state index contributed by atoms with van der Waals surface area (Å²) in [6.07, 6.45) is 0.520. The molecule has 138 valence electrons. The van der Waals surface area contributed by atoms with Crippen molar-refractivity contribution in [3.8, 4) is 0 Å². The van der Waals surface area contributed by atoms with Gasteiger partial charge in [-0.05, 0) is 37.8 Å². The number of fused-ring (bicyclic) bond motifs is 3. The Hall–Kier alpha value is -1.89. The fraction of sp³-hybridized carbons (Fsp3) is 0.550. The fourth-order valence-corrected chi connectivity index (χ4v) is 5.23. The maximum atomic E-state index is 13.1. The zero-order valence-corrected chi connectivity index (χ0v) is 15.2. The van der Waals surface area contributed by atoms with E-state index in [4.69, 9.17) is 14.2 Å². The third-order valence-electron chi connectivity index (χ3n) is 6.23. The molecule has 1 aliphatic carbocycles. The number of hydrogen-bond donors (Lipinski definition) is 2. The van der Waals surface area contributed by atoms with Crippen LogP contribution in [-0.4, -0.2) is 48.6 Å². The molecule has 6 rings (SSSR count). The number of piperidine rings is 2. The molecule has 6 nitrogen and oxygen atoms in total. The number of H-pyrrole nitrogens is 1. The van der Waals surface area contributed by atoms with Crippen LogP contribution < -0.4 is 5.32 Å². The van der Waals surface area contributed by atoms with E-state index >= 15 is 0 Å². The summed E-state index contributed by atoms with van der Waals surface area (Å²) in [6.45, 7) is 4.70. The van der Waals surface area contributed by atoms with Crippen LogP contribution in [0, 0.1) is 5.92 Å². The van der Waals surface area contributed by atoms with Gasteiger partial charge in [-0.2, -0.15) is 0 Å². The molecule has 4 fully saturated rings. The zero-order valence-electron chi connectivity index (χ0n) is 15.2. The minimum atomic E-state index is -0.804. The number of nitrogens with one attached hydrogen (secondary N) is 2. The van der Waals surface area contributed by atoms with Crippen molar-refractivity contribution in [3.63, 3.8) is 0 Å². The highest BCUT2D eigenvalue weighted by atomic mass is 16.8. The molecule has 4 aliphatic rings. The van der Waals surface area contributed by atoms with Gasteiger partial charge in [0.1, 0.15) is 11.5 Å². The van der Waals surface area contributed by atoms with Crippen LogP contribution in [0.15, 0.2) is 30.3 Å². The molecule has 4 unspecified atom stereocenters. The lowest BCUT2D eigenvalue weighted by Crippen LogP contribution is -2.72. The SMILES string of the molecule is COC(=O)[C@]1(c2cc3ccccc3[nH]2)CC2CNC1C1OC(C)(C)OC21. The third kappa shape index (κ3) is 2.06. The lowest BCUT2D eigenvalue weighted by molar-refractivity contribution is -0.160. The number of para-hydroxylation sites is 1. The van der Waals surface area contributed by atoms with Crippen molar-refractivity contribution in [2.45, 2.75) is 49.7 Å². The van der Waals surface area contributed by atoms with Crippen LogP contribution in [0.4, 0.5) is 0 Å². The van der Waals surface area contributed by atoms with E-state index in [1.54, 1.807) is 0 Å². The molecule has 5 atom stereocenters. The Balaban J connectivity index is 1.66. The molecular formula is C20H24N2O4. The highest BCUT2D eigenvalue weighted by Crippen LogP contribution is 2.52. The molecule has 3 aliphatic heterocycles. The molecular weight excluding hydrogens is 332 g/mol. The van der Waals surface area contributed by atoms with Crippen LogP contribution in [0.25, 0.3) is 10.9 Å². The lowest BCUT2D eigenvalue weighted by Gasteiger charge is -2.53. The summed E-state index contributed by atoms with van der Waals surface area (Å²) in [5, 5.41) is 4.64. The van der Waals surface area contributed by atoms with Gasteiger partial charge in [0.25, 0.3) is 0 Å². The molecule has 1 aromatic heterocycles. The molecule has 4 heterocycles. The van der Waals surface area contributed by atoms with Gasteiger partial charge in [-0.15, -0.1) is 0 Å². The monoisotopic (exact) mass is 356 g/mol. The number of benzene rings is 1. The summed E-state index contributed by atoms with van der Waals surface area (Å²) in [5.41, 5.74) is 1.11. The van der Waals surface area contributed by atoms with Gasteiger partial charge in [0.15, 0.2) is 5.79 Å². The molecule has 6 heteroatoms. The molecule has 3 saturated heterocycles. The van der Waals surface area contributed by atoms with Gasteiger partial charge in [-0.1, -0.05) is 18.2 Å². The minimum absolute atomic E-state index is 0.0124. The molecule has 0 radical (unpaired) electrons. The van der Waals surface area contributed by atoms with E-state index in [1.165, 1.54) is 7.11 Å². The number of aromatic amines is 1. The summed E-state index contributed by atoms with van der Waals surface area (Å²) in [6, 6.07) is 9.95. The van der Waals surface area contributed by atoms with Gasteiger partial charge in [0.2, 0.25) is 0 Å². The van der Waals surface area contributed by atoms with E-state index in [0.29, 0.717) is 6.42 Å². The van der Waals surface area contributed by atoms with Crippen LogP contribution in [-0.2, 0) is 24.4 Å². The molecule has 1 saturated carbocycles. The number of methoxy groups -OCH3 is 1. The maximum Gasteiger partial charge on any atom is 0.319 e. The summed E-state index contributed by atoms with van der Waals surface area (Å²) in [7, 11) is 1.46. The Bertz CT molecular complexity index is 843. The summed E-state index contributed by atoms with van der Waals surface area (Å²) >= 11 is 0. The van der Waals surface area contributed by atoms with Crippen molar-refractivity contribution in [2.24, 2.45) is 5.92 Å². The van der Waals surface area contributed by atoms with Crippen molar-refractivity contribution in [3.05, 3.63) is 36.0 Å². The first-order valence-corrected chi connectivity index (χ1v) is 9.20. The minimum Gasteiger partial charge on any atom is -0.468 e.